The van der Waals surface area contributed by atoms with Gasteiger partial charge in [0.05, 0.1) is 27.2 Å². The quantitative estimate of drug-likeness (QED) is 0.524. The van der Waals surface area contributed by atoms with E-state index in [9.17, 15) is 0 Å². The molecule has 0 heterocycles. The molecule has 21 heavy (non-hydrogen) atoms. The van der Waals surface area contributed by atoms with Crippen molar-refractivity contribution in [2.75, 3.05) is 21.1 Å². The Morgan fingerprint density at radius 1 is 0.857 bits per heavy atom. The van der Waals surface area contributed by atoms with Gasteiger partial charge >= 0.3 is 0 Å². The summed E-state index contributed by atoms with van der Waals surface area (Å²) in [7, 11) is 6.96. The molecule has 2 heteroatoms. The van der Waals surface area contributed by atoms with E-state index in [-0.39, 0.29) is 24.0 Å². The van der Waals surface area contributed by atoms with Crippen LogP contribution in [-0.4, -0.2) is 31.7 Å². The van der Waals surface area contributed by atoms with Gasteiger partial charge in [0.15, 0.2) is 0 Å². The Labute approximate surface area is 145 Å². The molecule has 1 aliphatic carbocycles. The Morgan fingerprint density at radius 3 is 2.14 bits per heavy atom. The van der Waals surface area contributed by atoms with Crippen LogP contribution in [0.1, 0.15) is 29.0 Å². The molecule has 0 N–H and O–H groups in total. The van der Waals surface area contributed by atoms with Crippen molar-refractivity contribution in [1.82, 2.24) is 0 Å². The summed E-state index contributed by atoms with van der Waals surface area (Å²) < 4.78 is 1.04. The largest absolute Gasteiger partial charge is 1.00 e. The first-order valence-electron chi connectivity index (χ1n) is 7.49. The van der Waals surface area contributed by atoms with Crippen molar-refractivity contribution in [3.05, 3.63) is 71.3 Å². The van der Waals surface area contributed by atoms with Crippen molar-refractivity contribution >= 4 is 0 Å². The van der Waals surface area contributed by atoms with Gasteiger partial charge in [-0.25, -0.2) is 0 Å². The van der Waals surface area contributed by atoms with Crippen molar-refractivity contribution in [3.63, 3.8) is 0 Å². The number of fused-ring (bicyclic) bond motifs is 1. The number of hydrogen-bond donors (Lipinski definition) is 0. The van der Waals surface area contributed by atoms with Crippen molar-refractivity contribution in [1.29, 1.82) is 0 Å². The molecule has 0 saturated heterocycles. The van der Waals surface area contributed by atoms with Gasteiger partial charge in [-0.2, -0.15) is 0 Å². The fourth-order valence-corrected chi connectivity index (χ4v) is 3.39. The van der Waals surface area contributed by atoms with E-state index in [0.717, 1.165) is 4.48 Å². The van der Waals surface area contributed by atoms with Crippen LogP contribution in [0.25, 0.3) is 0 Å². The minimum Gasteiger partial charge on any atom is -1.00 e. The van der Waals surface area contributed by atoms with Gasteiger partial charge in [0.1, 0.15) is 0 Å². The first-order valence-corrected chi connectivity index (χ1v) is 7.49. The maximum Gasteiger partial charge on any atom is 0.0934 e. The fraction of sp³-hybridized carbons (Fsp3) is 0.368. The van der Waals surface area contributed by atoms with Gasteiger partial charge in [-0.15, -0.1) is 0 Å². The highest BCUT2D eigenvalue weighted by atomic mass is 127. The molecule has 0 bridgehead atoms. The Morgan fingerprint density at radius 2 is 1.48 bits per heavy atom. The van der Waals surface area contributed by atoms with Crippen LogP contribution >= 0.6 is 0 Å². The van der Waals surface area contributed by atoms with E-state index < -0.39 is 0 Å². The van der Waals surface area contributed by atoms with E-state index in [2.05, 4.69) is 75.7 Å². The van der Waals surface area contributed by atoms with Gasteiger partial charge in [-0.05, 0) is 16.7 Å². The Hall–Kier alpha value is -0.870. The topological polar surface area (TPSA) is 0 Å². The number of quaternary nitrogens is 1. The summed E-state index contributed by atoms with van der Waals surface area (Å²) in [6.07, 6.45) is 2.44. The third kappa shape index (κ3) is 3.49. The van der Waals surface area contributed by atoms with Gasteiger partial charge in [0.25, 0.3) is 0 Å². The summed E-state index contributed by atoms with van der Waals surface area (Å²) in [5.74, 6) is 0.545. The molecule has 112 valence electrons. The molecule has 0 spiro atoms. The molecule has 0 aromatic heterocycles. The second-order valence-electron chi connectivity index (χ2n) is 6.87. The molecule has 2 aromatic rings. The molecule has 0 fully saturated rings. The Bertz CT molecular complexity index is 586. The minimum absolute atomic E-state index is 0. The summed E-state index contributed by atoms with van der Waals surface area (Å²) in [5, 5.41) is 0. The number of rotatable bonds is 2. The van der Waals surface area contributed by atoms with Gasteiger partial charge in [-0.1, -0.05) is 54.6 Å². The highest BCUT2D eigenvalue weighted by Gasteiger charge is 2.34. The number of halogens is 1. The highest BCUT2D eigenvalue weighted by Crippen LogP contribution is 2.38. The van der Waals surface area contributed by atoms with Gasteiger partial charge in [0.2, 0.25) is 0 Å². The summed E-state index contributed by atoms with van der Waals surface area (Å²) in [5.41, 5.74) is 4.52. The Balaban J connectivity index is 0.00000161. The smallest absolute Gasteiger partial charge is 0.0934 e. The summed E-state index contributed by atoms with van der Waals surface area (Å²) in [6, 6.07) is 20.7. The van der Waals surface area contributed by atoms with Crippen LogP contribution in [0.15, 0.2) is 54.6 Å². The number of nitrogens with zero attached hydrogens (tertiary/aromatic N) is 1. The van der Waals surface area contributed by atoms with Crippen LogP contribution in [0.5, 0.6) is 0 Å². The molecule has 0 unspecified atom stereocenters. The molecule has 0 amide bonds. The lowest BCUT2D eigenvalue weighted by atomic mass is 9.76. The fourth-order valence-electron chi connectivity index (χ4n) is 3.39. The lowest BCUT2D eigenvalue weighted by molar-refractivity contribution is -0.896. The molecule has 0 saturated carbocycles. The standard InChI is InChI=1S/C19H24N.HI/c1-20(2,3)17-13-16-11-7-8-12-18(16)19(14-17)15-9-5-4-6-10-15;/h4-12,17,19H,13-14H2,1-3H3;1H/q+1;/p-1/t17-,19-;/m1./s1. The zero-order chi connectivity index (χ0) is 14.2. The van der Waals surface area contributed by atoms with Crippen molar-refractivity contribution in [3.8, 4) is 0 Å². The average molecular weight is 393 g/mol. The molecule has 1 nitrogen and oxygen atoms in total. The zero-order valence-corrected chi connectivity index (χ0v) is 15.2. The zero-order valence-electron chi connectivity index (χ0n) is 13.1. The average Bonchev–Trinajstić information content (AvgIpc) is 2.46. The summed E-state index contributed by atoms with van der Waals surface area (Å²) in [4.78, 5) is 0. The molecule has 2 aromatic carbocycles. The molecular weight excluding hydrogens is 369 g/mol. The van der Waals surface area contributed by atoms with Crippen molar-refractivity contribution in [2.24, 2.45) is 0 Å². The second-order valence-corrected chi connectivity index (χ2v) is 6.87. The van der Waals surface area contributed by atoms with Crippen LogP contribution in [0, 0.1) is 0 Å². The van der Waals surface area contributed by atoms with E-state index in [1.165, 1.54) is 29.5 Å². The van der Waals surface area contributed by atoms with E-state index in [1.54, 1.807) is 0 Å². The van der Waals surface area contributed by atoms with Crippen LogP contribution in [0.3, 0.4) is 0 Å². The number of likely N-dealkylation sites (N-methyl/N-ethyl adjacent to an activating group) is 1. The number of hydrogen-bond acceptors (Lipinski definition) is 0. The molecule has 0 radical (unpaired) electrons. The molecule has 2 atom stereocenters. The third-order valence-electron chi connectivity index (χ3n) is 4.69. The summed E-state index contributed by atoms with van der Waals surface area (Å²) >= 11 is 0. The van der Waals surface area contributed by atoms with Crippen molar-refractivity contribution in [2.45, 2.75) is 24.8 Å². The van der Waals surface area contributed by atoms with Crippen LogP contribution in [0.2, 0.25) is 0 Å². The van der Waals surface area contributed by atoms with Gasteiger partial charge in [-0.3, -0.25) is 0 Å². The lowest BCUT2D eigenvalue weighted by Gasteiger charge is -2.40. The molecule has 0 aliphatic heterocycles. The van der Waals surface area contributed by atoms with Crippen LogP contribution < -0.4 is 24.0 Å². The first-order chi connectivity index (χ1) is 9.55. The lowest BCUT2D eigenvalue weighted by Crippen LogP contribution is -3.00. The minimum atomic E-state index is 0. The normalized spacial score (nSPS) is 21.3. The summed E-state index contributed by atoms with van der Waals surface area (Å²) in [6.45, 7) is 0. The molecular formula is C19H24IN. The van der Waals surface area contributed by atoms with Gasteiger partial charge < -0.3 is 28.5 Å². The predicted octanol–water partition coefficient (Wildman–Crippen LogP) is 0.843. The first kappa shape index (κ1) is 16.5. The molecule has 3 rings (SSSR count). The van der Waals surface area contributed by atoms with Gasteiger partial charge in [0, 0.05) is 18.8 Å². The van der Waals surface area contributed by atoms with E-state index in [0.29, 0.717) is 12.0 Å². The maximum atomic E-state index is 2.32. The highest BCUT2D eigenvalue weighted by molar-refractivity contribution is 5.40. The SMILES string of the molecule is C[N+](C)(C)[C@@H]1Cc2ccccc2[C@@H](c2ccccc2)C1.[I-]. The van der Waals surface area contributed by atoms with Crippen LogP contribution in [0.4, 0.5) is 0 Å². The second kappa shape index (κ2) is 6.49. The van der Waals surface area contributed by atoms with E-state index >= 15 is 0 Å². The predicted molar refractivity (Wildman–Crippen MR) is 84.9 cm³/mol. The third-order valence-corrected chi connectivity index (χ3v) is 4.69. The van der Waals surface area contributed by atoms with Crippen LogP contribution in [-0.2, 0) is 6.42 Å². The van der Waals surface area contributed by atoms with E-state index in [4.69, 9.17) is 0 Å². The maximum absolute atomic E-state index is 2.32. The molecule has 1 aliphatic rings. The van der Waals surface area contributed by atoms with E-state index in [1.807, 2.05) is 0 Å². The Kier molecular flexibility index (Phi) is 5.10. The monoisotopic (exact) mass is 393 g/mol. The van der Waals surface area contributed by atoms with Crippen molar-refractivity contribution < 1.29 is 28.5 Å². The number of benzene rings is 2.